The summed E-state index contributed by atoms with van der Waals surface area (Å²) in [4.78, 5) is 11.2. The maximum absolute atomic E-state index is 13.6. The molecule has 3 rings (SSSR count). The van der Waals surface area contributed by atoms with Gasteiger partial charge in [0.1, 0.15) is 28.7 Å². The van der Waals surface area contributed by atoms with Gasteiger partial charge in [-0.25, -0.2) is 8.78 Å². The number of carbonyl (C=O) groups excluding carboxylic acids is 1. The van der Waals surface area contributed by atoms with E-state index >= 15 is 0 Å². The van der Waals surface area contributed by atoms with Crippen LogP contribution < -0.4 is 4.74 Å². The zero-order chi connectivity index (χ0) is 15.9. The van der Waals surface area contributed by atoms with E-state index < -0.39 is 11.8 Å². The van der Waals surface area contributed by atoms with Gasteiger partial charge in [0.25, 0.3) is 0 Å². The Morgan fingerprint density at radius 2 is 1.82 bits per heavy atom. The molecule has 0 amide bonds. The van der Waals surface area contributed by atoms with Crippen LogP contribution in [0.5, 0.6) is 5.75 Å². The highest BCUT2D eigenvalue weighted by atomic mass is 79.9. The van der Waals surface area contributed by atoms with Gasteiger partial charge in [-0.1, -0.05) is 0 Å². The third kappa shape index (κ3) is 2.62. The van der Waals surface area contributed by atoms with Gasteiger partial charge in [0.05, 0.1) is 9.86 Å². The lowest BCUT2D eigenvalue weighted by atomic mass is 10.1. The molecule has 0 saturated heterocycles. The van der Waals surface area contributed by atoms with Crippen molar-refractivity contribution in [1.82, 2.24) is 0 Å². The molecular formula is C16H9BrF2O3. The second kappa shape index (κ2) is 5.53. The van der Waals surface area contributed by atoms with Crippen LogP contribution in [-0.4, -0.2) is 5.97 Å². The Bertz CT molecular complexity index is 869. The zero-order valence-electron chi connectivity index (χ0n) is 11.3. The zero-order valence-corrected chi connectivity index (χ0v) is 12.9. The van der Waals surface area contributed by atoms with Gasteiger partial charge >= 0.3 is 5.97 Å². The third-order valence-corrected chi connectivity index (χ3v) is 3.78. The van der Waals surface area contributed by atoms with E-state index in [0.717, 1.165) is 6.07 Å². The van der Waals surface area contributed by atoms with Crippen LogP contribution in [0.25, 0.3) is 22.3 Å². The fraction of sp³-hybridized carbons (Fsp3) is 0.0625. The predicted octanol–water partition coefficient (Wildman–Crippen LogP) is 5.07. The van der Waals surface area contributed by atoms with E-state index in [1.807, 2.05) is 0 Å². The van der Waals surface area contributed by atoms with Crippen LogP contribution in [-0.2, 0) is 4.79 Å². The van der Waals surface area contributed by atoms with Gasteiger partial charge in [-0.05, 0) is 40.2 Å². The van der Waals surface area contributed by atoms with Gasteiger partial charge in [0.15, 0.2) is 0 Å². The molecule has 0 spiro atoms. The van der Waals surface area contributed by atoms with Crippen molar-refractivity contribution in [2.75, 3.05) is 0 Å². The maximum Gasteiger partial charge on any atom is 0.308 e. The van der Waals surface area contributed by atoms with E-state index in [2.05, 4.69) is 15.9 Å². The molecular weight excluding hydrogens is 358 g/mol. The maximum atomic E-state index is 13.6. The lowest BCUT2D eigenvalue weighted by molar-refractivity contribution is -0.131. The molecule has 0 saturated carbocycles. The first-order valence-electron chi connectivity index (χ1n) is 6.31. The molecule has 112 valence electrons. The number of hydrogen-bond donors (Lipinski definition) is 0. The fourth-order valence-corrected chi connectivity index (χ4v) is 2.85. The summed E-state index contributed by atoms with van der Waals surface area (Å²) in [5.74, 6) is -1.07. The number of hydrogen-bond acceptors (Lipinski definition) is 3. The van der Waals surface area contributed by atoms with Gasteiger partial charge in [0.2, 0.25) is 0 Å². The van der Waals surface area contributed by atoms with E-state index in [-0.39, 0.29) is 17.1 Å². The van der Waals surface area contributed by atoms with Gasteiger partial charge in [-0.15, -0.1) is 0 Å². The van der Waals surface area contributed by atoms with Crippen LogP contribution in [0.1, 0.15) is 6.92 Å². The van der Waals surface area contributed by atoms with Crippen molar-refractivity contribution >= 4 is 32.9 Å². The van der Waals surface area contributed by atoms with E-state index in [0.29, 0.717) is 21.2 Å². The van der Waals surface area contributed by atoms with E-state index in [1.54, 1.807) is 12.1 Å². The highest BCUT2D eigenvalue weighted by Gasteiger charge is 2.20. The molecule has 1 heterocycles. The Morgan fingerprint density at radius 3 is 2.45 bits per heavy atom. The molecule has 0 aliphatic rings. The average Bonchev–Trinajstić information content (AvgIpc) is 2.76. The number of esters is 1. The molecule has 2 aromatic carbocycles. The number of carbonyl (C=O) groups is 1. The number of benzene rings is 2. The molecule has 3 nitrogen and oxygen atoms in total. The largest absolute Gasteiger partial charge is 0.455 e. The normalized spacial score (nSPS) is 10.9. The SMILES string of the molecule is CC(=O)Oc1cc(F)cc2oc(-c3ccc(F)cc3)c(Br)c12. The lowest BCUT2D eigenvalue weighted by Crippen LogP contribution is -2.02. The summed E-state index contributed by atoms with van der Waals surface area (Å²) in [5, 5.41) is 0.441. The highest BCUT2D eigenvalue weighted by Crippen LogP contribution is 2.42. The minimum absolute atomic E-state index is 0.0616. The van der Waals surface area contributed by atoms with Crippen LogP contribution >= 0.6 is 15.9 Å². The molecule has 0 unspecified atom stereocenters. The summed E-state index contributed by atoms with van der Waals surface area (Å²) in [7, 11) is 0. The summed E-state index contributed by atoms with van der Waals surface area (Å²) in [6.45, 7) is 1.23. The summed E-state index contributed by atoms with van der Waals surface area (Å²) in [5.41, 5.74) is 0.834. The summed E-state index contributed by atoms with van der Waals surface area (Å²) >= 11 is 3.37. The first kappa shape index (κ1) is 14.7. The van der Waals surface area contributed by atoms with Gasteiger partial charge in [0, 0.05) is 24.6 Å². The van der Waals surface area contributed by atoms with Crippen molar-refractivity contribution in [3.8, 4) is 17.1 Å². The highest BCUT2D eigenvalue weighted by molar-refractivity contribution is 9.10. The van der Waals surface area contributed by atoms with Crippen molar-refractivity contribution in [2.24, 2.45) is 0 Å². The smallest absolute Gasteiger partial charge is 0.308 e. The van der Waals surface area contributed by atoms with Crippen LogP contribution in [0, 0.1) is 11.6 Å². The second-order valence-corrected chi connectivity index (χ2v) is 5.42. The first-order chi connectivity index (χ1) is 10.5. The van der Waals surface area contributed by atoms with Crippen molar-refractivity contribution < 1.29 is 22.7 Å². The molecule has 0 aliphatic carbocycles. The van der Waals surface area contributed by atoms with E-state index in [4.69, 9.17) is 9.15 Å². The molecule has 0 bridgehead atoms. The monoisotopic (exact) mass is 366 g/mol. The first-order valence-corrected chi connectivity index (χ1v) is 7.11. The molecule has 1 aromatic heterocycles. The van der Waals surface area contributed by atoms with Crippen LogP contribution in [0.2, 0.25) is 0 Å². The van der Waals surface area contributed by atoms with Gasteiger partial charge in [-0.2, -0.15) is 0 Å². The quantitative estimate of drug-likeness (QED) is 0.469. The van der Waals surface area contributed by atoms with Gasteiger partial charge < -0.3 is 9.15 Å². The molecule has 0 aliphatic heterocycles. The standard InChI is InChI=1S/C16H9BrF2O3/c1-8(20)21-12-6-11(19)7-13-14(12)15(17)16(22-13)9-2-4-10(18)5-3-9/h2-7H,1H3. The number of ether oxygens (including phenoxy) is 1. The van der Waals surface area contributed by atoms with Crippen molar-refractivity contribution in [2.45, 2.75) is 6.92 Å². The molecule has 6 heteroatoms. The summed E-state index contributed by atoms with van der Waals surface area (Å²) in [6, 6.07) is 7.98. The Morgan fingerprint density at radius 1 is 1.14 bits per heavy atom. The fourth-order valence-electron chi connectivity index (χ4n) is 2.15. The topological polar surface area (TPSA) is 39.4 Å². The number of fused-ring (bicyclic) bond motifs is 1. The Hall–Kier alpha value is -2.21. The summed E-state index contributed by atoms with van der Waals surface area (Å²) in [6.07, 6.45) is 0. The number of rotatable bonds is 2. The van der Waals surface area contributed by atoms with Gasteiger partial charge in [-0.3, -0.25) is 4.79 Å². The van der Waals surface area contributed by atoms with Crippen molar-refractivity contribution in [1.29, 1.82) is 0 Å². The average molecular weight is 367 g/mol. The molecule has 22 heavy (non-hydrogen) atoms. The van der Waals surface area contributed by atoms with Crippen molar-refractivity contribution in [3.63, 3.8) is 0 Å². The summed E-state index contributed by atoms with van der Waals surface area (Å²) < 4.78 is 37.8. The molecule has 3 aromatic rings. The third-order valence-electron chi connectivity index (χ3n) is 3.02. The molecule has 0 atom stereocenters. The number of furan rings is 1. The Balaban J connectivity index is 2.24. The van der Waals surface area contributed by atoms with E-state index in [9.17, 15) is 13.6 Å². The van der Waals surface area contributed by atoms with Crippen LogP contribution in [0.4, 0.5) is 8.78 Å². The minimum Gasteiger partial charge on any atom is -0.455 e. The Labute approximate surface area is 132 Å². The Kier molecular flexibility index (Phi) is 3.70. The minimum atomic E-state index is -0.587. The van der Waals surface area contributed by atoms with Crippen LogP contribution in [0.3, 0.4) is 0 Å². The number of halogens is 3. The van der Waals surface area contributed by atoms with Crippen LogP contribution in [0.15, 0.2) is 45.3 Å². The van der Waals surface area contributed by atoms with E-state index in [1.165, 1.54) is 25.1 Å². The predicted molar refractivity (Wildman–Crippen MR) is 80.6 cm³/mol. The lowest BCUT2D eigenvalue weighted by Gasteiger charge is -2.03. The molecule has 0 fully saturated rings. The van der Waals surface area contributed by atoms with Crippen molar-refractivity contribution in [3.05, 3.63) is 52.5 Å². The second-order valence-electron chi connectivity index (χ2n) is 4.62. The molecule has 0 radical (unpaired) electrons. The molecule has 0 N–H and O–H groups in total.